The van der Waals surface area contributed by atoms with E-state index in [1.54, 1.807) is 19.3 Å². The van der Waals surface area contributed by atoms with Gasteiger partial charge in [-0.1, -0.05) is 6.07 Å². The Morgan fingerprint density at radius 1 is 1.08 bits per heavy atom. The summed E-state index contributed by atoms with van der Waals surface area (Å²) in [7, 11) is 1.91. The first-order valence-corrected chi connectivity index (χ1v) is 7.74. The lowest BCUT2D eigenvalue weighted by molar-refractivity contribution is 0.186. The summed E-state index contributed by atoms with van der Waals surface area (Å²) in [5, 5.41) is 9.84. The topological polar surface area (TPSA) is 68.8 Å². The van der Waals surface area contributed by atoms with Gasteiger partial charge in [0.2, 0.25) is 0 Å². The number of pyridine rings is 1. The second kappa shape index (κ2) is 5.58. The van der Waals surface area contributed by atoms with Crippen LogP contribution in [-0.4, -0.2) is 29.2 Å². The number of aliphatic hydroxyl groups excluding tert-OH is 1. The maximum atomic E-state index is 9.84. The third-order valence-electron chi connectivity index (χ3n) is 4.09. The van der Waals surface area contributed by atoms with Crippen LogP contribution in [0.25, 0.3) is 28.2 Å². The van der Waals surface area contributed by atoms with E-state index in [0.29, 0.717) is 5.82 Å². The Balaban J connectivity index is 1.85. The third-order valence-corrected chi connectivity index (χ3v) is 4.09. The highest BCUT2D eigenvalue weighted by molar-refractivity contribution is 5.79. The van der Waals surface area contributed by atoms with E-state index in [9.17, 15) is 5.11 Å². The van der Waals surface area contributed by atoms with Crippen LogP contribution in [0, 0.1) is 0 Å². The molecule has 4 rings (SSSR count). The number of fused-ring (bicyclic) bond motifs is 1. The molecule has 0 saturated heterocycles. The molecule has 0 saturated carbocycles. The average Bonchev–Trinajstić information content (AvgIpc) is 3.20. The summed E-state index contributed by atoms with van der Waals surface area (Å²) in [6.45, 7) is 1.72. The van der Waals surface area contributed by atoms with Gasteiger partial charge < -0.3 is 9.67 Å². The number of hydrogen-bond acceptors (Lipinski definition) is 4. The van der Waals surface area contributed by atoms with Gasteiger partial charge in [0.05, 0.1) is 11.0 Å². The predicted octanol–water partition coefficient (Wildman–Crippen LogP) is 2.87. The van der Waals surface area contributed by atoms with Crippen molar-refractivity contribution in [2.75, 3.05) is 0 Å². The van der Waals surface area contributed by atoms with Gasteiger partial charge >= 0.3 is 0 Å². The first kappa shape index (κ1) is 14.6. The highest BCUT2D eigenvalue weighted by atomic mass is 16.3. The van der Waals surface area contributed by atoms with E-state index >= 15 is 0 Å². The van der Waals surface area contributed by atoms with E-state index in [1.807, 2.05) is 58.8 Å². The summed E-state index contributed by atoms with van der Waals surface area (Å²) < 4.78 is 3.90. The number of aliphatic hydroxyl groups is 1. The van der Waals surface area contributed by atoms with E-state index in [0.717, 1.165) is 28.2 Å². The molecular weight excluding hydrogens is 302 g/mol. The molecule has 6 nitrogen and oxygen atoms in total. The maximum absolute atomic E-state index is 9.84. The third kappa shape index (κ3) is 2.28. The van der Waals surface area contributed by atoms with Crippen molar-refractivity contribution in [2.24, 2.45) is 7.05 Å². The van der Waals surface area contributed by atoms with Crippen LogP contribution in [0.3, 0.4) is 0 Å². The van der Waals surface area contributed by atoms with E-state index < -0.39 is 6.10 Å². The minimum absolute atomic E-state index is 0.608. The summed E-state index contributed by atoms with van der Waals surface area (Å²) in [5.74, 6) is 1.43. The summed E-state index contributed by atoms with van der Waals surface area (Å²) in [4.78, 5) is 13.4. The molecule has 1 atom stereocenters. The van der Waals surface area contributed by atoms with Gasteiger partial charge in [0, 0.05) is 31.3 Å². The van der Waals surface area contributed by atoms with Crippen LogP contribution in [0.1, 0.15) is 18.9 Å². The summed E-state index contributed by atoms with van der Waals surface area (Å²) in [6.07, 6.45) is 4.81. The zero-order valence-corrected chi connectivity index (χ0v) is 13.5. The monoisotopic (exact) mass is 319 g/mol. The van der Waals surface area contributed by atoms with Gasteiger partial charge in [-0.25, -0.2) is 9.97 Å². The van der Waals surface area contributed by atoms with Crippen molar-refractivity contribution in [2.45, 2.75) is 13.0 Å². The molecule has 24 heavy (non-hydrogen) atoms. The van der Waals surface area contributed by atoms with Gasteiger partial charge in [0.15, 0.2) is 5.82 Å². The second-order valence-corrected chi connectivity index (χ2v) is 5.71. The van der Waals surface area contributed by atoms with E-state index in [-0.39, 0.29) is 0 Å². The Hall–Kier alpha value is -2.99. The smallest absolute Gasteiger partial charge is 0.163 e. The molecule has 0 fully saturated rings. The molecule has 0 aliphatic carbocycles. The van der Waals surface area contributed by atoms with Crippen molar-refractivity contribution in [3.05, 3.63) is 60.8 Å². The van der Waals surface area contributed by atoms with Gasteiger partial charge in [0.25, 0.3) is 0 Å². The number of nitrogens with zero attached hydrogens (tertiary/aromatic N) is 5. The van der Waals surface area contributed by atoms with Gasteiger partial charge in [0.1, 0.15) is 17.6 Å². The van der Waals surface area contributed by atoms with E-state index in [1.165, 1.54) is 0 Å². The Morgan fingerprint density at radius 2 is 1.96 bits per heavy atom. The number of aryl methyl sites for hydroxylation is 1. The number of rotatable bonds is 3. The molecule has 0 bridgehead atoms. The summed E-state index contributed by atoms with van der Waals surface area (Å²) in [6, 6.07) is 11.8. The molecule has 4 aromatic rings. The molecule has 0 aliphatic rings. The highest BCUT2D eigenvalue weighted by Crippen LogP contribution is 2.25. The number of hydrogen-bond donors (Lipinski definition) is 1. The lowest BCUT2D eigenvalue weighted by atomic mass is 10.2. The molecule has 1 N–H and O–H groups in total. The van der Waals surface area contributed by atoms with Crippen LogP contribution in [0.15, 0.2) is 55.0 Å². The summed E-state index contributed by atoms with van der Waals surface area (Å²) in [5.41, 5.74) is 3.59. The fraction of sp³-hybridized carbons (Fsp3) is 0.167. The highest BCUT2D eigenvalue weighted by Gasteiger charge is 2.14. The first-order chi connectivity index (χ1) is 11.6. The Labute approximate surface area is 139 Å². The van der Waals surface area contributed by atoms with Crippen molar-refractivity contribution in [1.82, 2.24) is 24.1 Å². The van der Waals surface area contributed by atoms with Gasteiger partial charge in [-0.15, -0.1) is 0 Å². The van der Waals surface area contributed by atoms with Crippen LogP contribution < -0.4 is 0 Å². The molecule has 3 heterocycles. The molecule has 3 aromatic heterocycles. The van der Waals surface area contributed by atoms with Crippen molar-refractivity contribution in [3.63, 3.8) is 0 Å². The second-order valence-electron chi connectivity index (χ2n) is 5.71. The normalized spacial score (nSPS) is 12.6. The number of benzene rings is 1. The molecule has 0 aliphatic heterocycles. The molecule has 0 radical (unpaired) electrons. The fourth-order valence-electron chi connectivity index (χ4n) is 2.93. The van der Waals surface area contributed by atoms with Crippen molar-refractivity contribution >= 4 is 11.0 Å². The van der Waals surface area contributed by atoms with Crippen molar-refractivity contribution < 1.29 is 5.11 Å². The number of aromatic nitrogens is 5. The molecule has 0 spiro atoms. The van der Waals surface area contributed by atoms with Crippen molar-refractivity contribution in [1.29, 1.82) is 0 Å². The Bertz CT molecular complexity index is 1000. The van der Waals surface area contributed by atoms with Crippen LogP contribution in [0.5, 0.6) is 0 Å². The molecule has 0 amide bonds. The minimum atomic E-state index is -0.608. The lowest BCUT2D eigenvalue weighted by Gasteiger charge is -2.07. The standard InChI is InChI=1S/C18H17N5O/c1-12(24)17-21-15-11-13(6-7-16(15)22(17)2)23-10-9-20-18(23)14-5-3-4-8-19-14/h3-12,24H,1-2H3. The zero-order chi connectivity index (χ0) is 16.7. The maximum Gasteiger partial charge on any atom is 0.163 e. The number of imidazole rings is 2. The molecule has 120 valence electrons. The van der Waals surface area contributed by atoms with Gasteiger partial charge in [-0.05, 0) is 37.3 Å². The van der Waals surface area contributed by atoms with Crippen LogP contribution in [0.4, 0.5) is 0 Å². The quantitative estimate of drug-likeness (QED) is 0.630. The Morgan fingerprint density at radius 3 is 2.71 bits per heavy atom. The molecule has 1 aromatic carbocycles. The molecule has 1 unspecified atom stereocenters. The van der Waals surface area contributed by atoms with Gasteiger partial charge in [-0.2, -0.15) is 0 Å². The first-order valence-electron chi connectivity index (χ1n) is 7.74. The zero-order valence-electron chi connectivity index (χ0n) is 13.5. The van der Waals surface area contributed by atoms with Crippen LogP contribution in [0.2, 0.25) is 0 Å². The van der Waals surface area contributed by atoms with Crippen LogP contribution in [-0.2, 0) is 7.05 Å². The predicted molar refractivity (Wildman–Crippen MR) is 91.7 cm³/mol. The molecular formula is C18H17N5O. The summed E-state index contributed by atoms with van der Waals surface area (Å²) >= 11 is 0. The van der Waals surface area contributed by atoms with Crippen molar-refractivity contribution in [3.8, 4) is 17.2 Å². The lowest BCUT2D eigenvalue weighted by Crippen LogP contribution is -2.01. The SMILES string of the molecule is CC(O)c1nc2cc(-n3ccnc3-c3ccccn3)ccc2n1C. The average molecular weight is 319 g/mol. The van der Waals surface area contributed by atoms with Crippen LogP contribution >= 0.6 is 0 Å². The van der Waals surface area contributed by atoms with E-state index in [4.69, 9.17) is 0 Å². The van der Waals surface area contributed by atoms with Gasteiger partial charge in [-0.3, -0.25) is 9.55 Å². The fourth-order valence-corrected chi connectivity index (χ4v) is 2.93. The minimum Gasteiger partial charge on any atom is -0.385 e. The Kier molecular flexibility index (Phi) is 3.39. The molecule has 6 heteroatoms. The largest absolute Gasteiger partial charge is 0.385 e. The van der Waals surface area contributed by atoms with E-state index in [2.05, 4.69) is 15.0 Å².